The van der Waals surface area contributed by atoms with Crippen LogP contribution in [-0.4, -0.2) is 62.3 Å². The lowest BCUT2D eigenvalue weighted by atomic mass is 10.1. The number of nitrogens with zero attached hydrogens (tertiary/aromatic N) is 4. The maximum Gasteiger partial charge on any atom is 0.255 e. The van der Waals surface area contributed by atoms with Gasteiger partial charge >= 0.3 is 0 Å². The Balaban J connectivity index is 1.57. The van der Waals surface area contributed by atoms with E-state index in [2.05, 4.69) is 25.1 Å². The molecule has 1 fully saturated rings. The Hall–Kier alpha value is -3.26. The first kappa shape index (κ1) is 15.0. The number of aromatic amines is 2. The summed E-state index contributed by atoms with van der Waals surface area (Å²) in [5, 5.41) is 8.03. The van der Waals surface area contributed by atoms with Gasteiger partial charge in [0.05, 0.1) is 35.2 Å². The number of pyridine rings is 1. The van der Waals surface area contributed by atoms with Crippen LogP contribution in [0.25, 0.3) is 33.6 Å². The highest BCUT2D eigenvalue weighted by Gasteiger charge is 2.21. The van der Waals surface area contributed by atoms with E-state index in [1.54, 1.807) is 11.1 Å². The molecule has 3 aromatic heterocycles. The highest BCUT2D eigenvalue weighted by Crippen LogP contribution is 2.26. The van der Waals surface area contributed by atoms with E-state index in [4.69, 9.17) is 4.74 Å². The van der Waals surface area contributed by atoms with Crippen LogP contribution in [0.15, 0.2) is 36.5 Å². The predicted molar refractivity (Wildman–Crippen MR) is 95.7 cm³/mol. The van der Waals surface area contributed by atoms with Crippen LogP contribution in [0.5, 0.6) is 0 Å². The number of nitrogens with one attached hydrogen (secondary N) is 2. The number of hydrogen-bond donors (Lipinski definition) is 2. The fraction of sp³-hybridized carbons (Fsp3) is 0.222. The first-order chi connectivity index (χ1) is 12.8. The van der Waals surface area contributed by atoms with Crippen LogP contribution in [-0.2, 0) is 4.74 Å². The Morgan fingerprint density at radius 3 is 2.88 bits per heavy atom. The first-order valence-electron chi connectivity index (χ1n) is 8.46. The zero-order valence-corrected chi connectivity index (χ0v) is 13.9. The van der Waals surface area contributed by atoms with E-state index in [0.29, 0.717) is 49.0 Å². The summed E-state index contributed by atoms with van der Waals surface area (Å²) in [5.41, 5.74) is 3.62. The topological polar surface area (TPSA) is 99.8 Å². The van der Waals surface area contributed by atoms with Crippen LogP contribution >= 0.6 is 0 Å². The molecule has 0 bridgehead atoms. The number of para-hydroxylation sites is 2. The summed E-state index contributed by atoms with van der Waals surface area (Å²) >= 11 is 0. The molecule has 26 heavy (non-hydrogen) atoms. The Morgan fingerprint density at radius 1 is 1.19 bits per heavy atom. The summed E-state index contributed by atoms with van der Waals surface area (Å²) in [7, 11) is 0. The Kier molecular flexibility index (Phi) is 3.42. The van der Waals surface area contributed by atoms with Gasteiger partial charge in [-0.3, -0.25) is 9.89 Å². The van der Waals surface area contributed by atoms with Crippen molar-refractivity contribution < 1.29 is 9.53 Å². The number of benzene rings is 1. The number of H-pyrrole nitrogens is 2. The maximum atomic E-state index is 12.7. The van der Waals surface area contributed by atoms with E-state index >= 15 is 0 Å². The fourth-order valence-corrected chi connectivity index (χ4v) is 3.21. The molecule has 8 nitrogen and oxygen atoms in total. The minimum atomic E-state index is -0.0422. The number of ether oxygens (including phenoxy) is 1. The lowest BCUT2D eigenvalue weighted by molar-refractivity contribution is 0.0303. The van der Waals surface area contributed by atoms with Gasteiger partial charge in [0.25, 0.3) is 5.91 Å². The Bertz CT molecular complexity index is 1080. The number of fused-ring (bicyclic) bond motifs is 2. The molecule has 130 valence electrons. The lowest BCUT2D eigenvalue weighted by Crippen LogP contribution is -2.40. The molecule has 1 aromatic carbocycles. The van der Waals surface area contributed by atoms with Gasteiger partial charge in [0.15, 0.2) is 11.5 Å². The van der Waals surface area contributed by atoms with E-state index in [-0.39, 0.29) is 5.91 Å². The molecule has 8 heteroatoms. The smallest absolute Gasteiger partial charge is 0.255 e. The molecule has 1 saturated heterocycles. The number of morpholine rings is 1. The zero-order chi connectivity index (χ0) is 17.5. The highest BCUT2D eigenvalue weighted by atomic mass is 16.5. The molecule has 0 radical (unpaired) electrons. The van der Waals surface area contributed by atoms with Crippen LogP contribution in [0, 0.1) is 0 Å². The second-order valence-electron chi connectivity index (χ2n) is 6.20. The summed E-state index contributed by atoms with van der Waals surface area (Å²) in [6.07, 6.45) is 1.58. The summed E-state index contributed by atoms with van der Waals surface area (Å²) in [6, 6.07) is 9.62. The van der Waals surface area contributed by atoms with Crippen molar-refractivity contribution >= 4 is 28.0 Å². The van der Waals surface area contributed by atoms with Crippen molar-refractivity contribution in [2.24, 2.45) is 0 Å². The molecule has 4 aromatic rings. The molecule has 0 unspecified atom stereocenters. The van der Waals surface area contributed by atoms with E-state index in [9.17, 15) is 4.79 Å². The van der Waals surface area contributed by atoms with Crippen LogP contribution in [0.4, 0.5) is 0 Å². The van der Waals surface area contributed by atoms with E-state index in [0.717, 1.165) is 16.4 Å². The highest BCUT2D eigenvalue weighted by molar-refractivity contribution is 6.00. The number of rotatable bonds is 2. The van der Waals surface area contributed by atoms with Gasteiger partial charge in [-0.15, -0.1) is 0 Å². The summed E-state index contributed by atoms with van der Waals surface area (Å²) in [4.78, 5) is 26.7. The Morgan fingerprint density at radius 2 is 2.04 bits per heavy atom. The molecule has 1 aliphatic rings. The van der Waals surface area contributed by atoms with Gasteiger partial charge in [-0.05, 0) is 18.2 Å². The summed E-state index contributed by atoms with van der Waals surface area (Å²) < 4.78 is 5.31. The monoisotopic (exact) mass is 348 g/mol. The average molecular weight is 348 g/mol. The van der Waals surface area contributed by atoms with Gasteiger partial charge in [-0.25, -0.2) is 9.97 Å². The van der Waals surface area contributed by atoms with Crippen molar-refractivity contribution in [1.82, 2.24) is 30.0 Å². The number of hydrogen-bond acceptors (Lipinski definition) is 5. The van der Waals surface area contributed by atoms with Crippen molar-refractivity contribution in [3.05, 3.63) is 42.1 Å². The van der Waals surface area contributed by atoms with Gasteiger partial charge in [0.1, 0.15) is 5.69 Å². The maximum absolute atomic E-state index is 12.7. The average Bonchev–Trinajstić information content (AvgIpc) is 3.31. The Labute approximate surface area is 148 Å². The second-order valence-corrected chi connectivity index (χ2v) is 6.20. The fourth-order valence-electron chi connectivity index (χ4n) is 3.21. The minimum Gasteiger partial charge on any atom is -0.378 e. The van der Waals surface area contributed by atoms with Gasteiger partial charge in [-0.1, -0.05) is 12.1 Å². The van der Waals surface area contributed by atoms with Crippen LogP contribution < -0.4 is 0 Å². The van der Waals surface area contributed by atoms with E-state index < -0.39 is 0 Å². The molecule has 0 atom stereocenters. The van der Waals surface area contributed by atoms with Crippen molar-refractivity contribution in [2.45, 2.75) is 0 Å². The van der Waals surface area contributed by atoms with Gasteiger partial charge in [-0.2, -0.15) is 5.10 Å². The molecule has 4 heterocycles. The van der Waals surface area contributed by atoms with E-state index in [1.807, 2.05) is 30.3 Å². The third-order valence-electron chi connectivity index (χ3n) is 4.58. The third kappa shape index (κ3) is 2.42. The molecular weight excluding hydrogens is 332 g/mol. The largest absolute Gasteiger partial charge is 0.378 e. The molecule has 0 saturated carbocycles. The number of aromatic nitrogens is 5. The normalized spacial score (nSPS) is 15.0. The standard InChI is InChI=1S/C18H16N6O2/c25-18(24-5-7-26-8-6-24)11-9-12-15(22-23-16(12)19-10-11)17-20-13-3-1-2-4-14(13)21-17/h1-4,9-10H,5-8H2,(H,20,21)(H,19,22,23). The minimum absolute atomic E-state index is 0.0422. The lowest BCUT2D eigenvalue weighted by Gasteiger charge is -2.26. The predicted octanol–water partition coefficient (Wildman–Crippen LogP) is 1.97. The van der Waals surface area contributed by atoms with Gasteiger partial charge in [0.2, 0.25) is 0 Å². The SMILES string of the molecule is O=C(c1cnc2[nH]nc(-c3nc4ccccc4[nH]3)c2c1)N1CCOCC1. The van der Waals surface area contributed by atoms with Crippen molar-refractivity contribution in [2.75, 3.05) is 26.3 Å². The van der Waals surface area contributed by atoms with Gasteiger partial charge < -0.3 is 14.6 Å². The number of carbonyl (C=O) groups excluding carboxylic acids is 1. The van der Waals surface area contributed by atoms with Gasteiger partial charge in [0, 0.05) is 19.3 Å². The van der Waals surface area contributed by atoms with Crippen molar-refractivity contribution in [1.29, 1.82) is 0 Å². The first-order valence-corrected chi connectivity index (χ1v) is 8.46. The van der Waals surface area contributed by atoms with E-state index in [1.165, 1.54) is 0 Å². The summed E-state index contributed by atoms with van der Waals surface area (Å²) in [5.74, 6) is 0.606. The summed E-state index contributed by atoms with van der Waals surface area (Å²) in [6.45, 7) is 2.33. The zero-order valence-electron chi connectivity index (χ0n) is 13.9. The molecule has 0 spiro atoms. The number of carbonyl (C=O) groups is 1. The molecule has 5 rings (SSSR count). The van der Waals surface area contributed by atoms with Crippen LogP contribution in [0.1, 0.15) is 10.4 Å². The molecule has 1 aliphatic heterocycles. The van der Waals surface area contributed by atoms with Crippen molar-refractivity contribution in [3.8, 4) is 11.5 Å². The molecule has 0 aliphatic carbocycles. The molecule has 2 N–H and O–H groups in total. The quantitative estimate of drug-likeness (QED) is 0.577. The van der Waals surface area contributed by atoms with Crippen molar-refractivity contribution in [3.63, 3.8) is 0 Å². The third-order valence-corrected chi connectivity index (χ3v) is 4.58. The molecular formula is C18H16N6O2. The molecule has 1 amide bonds. The van der Waals surface area contributed by atoms with Crippen LogP contribution in [0.3, 0.4) is 0 Å². The van der Waals surface area contributed by atoms with Crippen LogP contribution in [0.2, 0.25) is 0 Å². The second kappa shape index (κ2) is 5.92. The number of imidazole rings is 1. The number of amides is 1.